The number of aromatic nitrogens is 1. The lowest BCUT2D eigenvalue weighted by Crippen LogP contribution is -2.36. The van der Waals surface area contributed by atoms with E-state index in [0.29, 0.717) is 17.9 Å². The number of aromatic amines is 1. The summed E-state index contributed by atoms with van der Waals surface area (Å²) < 4.78 is 10.5. The number of esters is 1. The summed E-state index contributed by atoms with van der Waals surface area (Å²) in [5.74, 6) is -0.532. The summed E-state index contributed by atoms with van der Waals surface area (Å²) in [5, 5.41) is 2.95. The number of ether oxygens (including phenoxy) is 2. The number of amides is 1. The minimum Gasteiger partial charge on any atom is -0.461 e. The fourth-order valence-electron chi connectivity index (χ4n) is 4.16. The smallest absolute Gasteiger partial charge is 0.355 e. The molecule has 172 valence electrons. The third-order valence-electron chi connectivity index (χ3n) is 5.85. The Morgan fingerprint density at radius 3 is 2.33 bits per heavy atom. The van der Waals surface area contributed by atoms with Crippen LogP contribution < -0.4 is 10.2 Å². The van der Waals surface area contributed by atoms with Gasteiger partial charge in [-0.3, -0.25) is 4.79 Å². The van der Waals surface area contributed by atoms with Gasteiger partial charge in [0.2, 0.25) is 0 Å². The van der Waals surface area contributed by atoms with Crippen molar-refractivity contribution in [2.75, 3.05) is 43.1 Å². The van der Waals surface area contributed by atoms with Gasteiger partial charge in [-0.1, -0.05) is 12.1 Å². The Balaban J connectivity index is 1.45. The van der Waals surface area contributed by atoms with Gasteiger partial charge in [0.15, 0.2) is 0 Å². The number of nitrogens with zero attached hydrogens (tertiary/aromatic N) is 1. The van der Waals surface area contributed by atoms with Crippen molar-refractivity contribution in [3.05, 3.63) is 71.0 Å². The number of nitrogens with one attached hydrogen (secondary N) is 2. The molecular formula is C26H29N3O4. The Kier molecular flexibility index (Phi) is 6.79. The molecule has 2 heterocycles. The van der Waals surface area contributed by atoms with E-state index in [1.54, 1.807) is 19.1 Å². The van der Waals surface area contributed by atoms with Crippen LogP contribution in [0.2, 0.25) is 0 Å². The van der Waals surface area contributed by atoms with Crippen molar-refractivity contribution in [2.45, 2.75) is 20.8 Å². The van der Waals surface area contributed by atoms with Gasteiger partial charge in [0.25, 0.3) is 5.91 Å². The predicted octanol–water partition coefficient (Wildman–Crippen LogP) is 4.56. The Bertz CT molecular complexity index is 1130. The number of benzene rings is 2. The van der Waals surface area contributed by atoms with Gasteiger partial charge < -0.3 is 24.7 Å². The van der Waals surface area contributed by atoms with Crippen LogP contribution in [0.15, 0.2) is 48.5 Å². The molecule has 0 saturated carbocycles. The van der Waals surface area contributed by atoms with Gasteiger partial charge >= 0.3 is 5.97 Å². The first-order valence-electron chi connectivity index (χ1n) is 11.2. The number of hydrogen-bond donors (Lipinski definition) is 2. The molecule has 2 aromatic carbocycles. The maximum absolute atomic E-state index is 12.7. The molecule has 2 N–H and O–H groups in total. The second kappa shape index (κ2) is 9.92. The van der Waals surface area contributed by atoms with Crippen molar-refractivity contribution in [1.29, 1.82) is 0 Å². The Morgan fingerprint density at radius 2 is 1.70 bits per heavy atom. The first-order chi connectivity index (χ1) is 16.0. The molecular weight excluding hydrogens is 418 g/mol. The van der Waals surface area contributed by atoms with E-state index < -0.39 is 0 Å². The zero-order valence-corrected chi connectivity index (χ0v) is 19.2. The van der Waals surface area contributed by atoms with Gasteiger partial charge in [-0.2, -0.15) is 0 Å². The highest BCUT2D eigenvalue weighted by Gasteiger charge is 2.19. The Labute approximate surface area is 193 Å². The highest BCUT2D eigenvalue weighted by Crippen LogP contribution is 2.30. The molecule has 1 saturated heterocycles. The number of morpholine rings is 1. The van der Waals surface area contributed by atoms with Crippen LogP contribution in [-0.2, 0) is 9.47 Å². The van der Waals surface area contributed by atoms with Gasteiger partial charge in [0.05, 0.1) is 19.8 Å². The quantitative estimate of drug-likeness (QED) is 0.541. The van der Waals surface area contributed by atoms with E-state index in [-0.39, 0.29) is 11.9 Å². The summed E-state index contributed by atoms with van der Waals surface area (Å²) in [4.78, 5) is 30.3. The summed E-state index contributed by atoms with van der Waals surface area (Å²) in [6, 6.07) is 15.3. The van der Waals surface area contributed by atoms with Crippen LogP contribution in [0.3, 0.4) is 0 Å². The van der Waals surface area contributed by atoms with Crippen LogP contribution in [0.1, 0.15) is 39.0 Å². The monoisotopic (exact) mass is 447 g/mol. The second-order valence-electron chi connectivity index (χ2n) is 8.02. The summed E-state index contributed by atoms with van der Waals surface area (Å²) in [7, 11) is 0. The molecule has 1 fully saturated rings. The van der Waals surface area contributed by atoms with Crippen LogP contribution >= 0.6 is 0 Å². The van der Waals surface area contributed by atoms with Crippen LogP contribution in [0.4, 0.5) is 11.4 Å². The number of carbonyl (C=O) groups is 2. The highest BCUT2D eigenvalue weighted by molar-refractivity contribution is 6.04. The van der Waals surface area contributed by atoms with Gasteiger partial charge in [0.1, 0.15) is 5.69 Å². The Morgan fingerprint density at radius 1 is 1.03 bits per heavy atom. The lowest BCUT2D eigenvalue weighted by molar-refractivity contribution is 0.0519. The zero-order valence-electron chi connectivity index (χ0n) is 19.2. The first kappa shape index (κ1) is 22.6. The fraction of sp³-hybridized carbons (Fsp3) is 0.308. The van der Waals surface area contributed by atoms with Gasteiger partial charge in [-0.05, 0) is 68.3 Å². The predicted molar refractivity (Wildman–Crippen MR) is 129 cm³/mol. The molecule has 1 aliphatic rings. The normalized spacial score (nSPS) is 13.6. The lowest BCUT2D eigenvalue weighted by Gasteiger charge is -2.28. The number of anilines is 2. The van der Waals surface area contributed by atoms with E-state index in [9.17, 15) is 9.59 Å². The molecule has 0 spiro atoms. The van der Waals surface area contributed by atoms with E-state index in [0.717, 1.165) is 60.1 Å². The topological polar surface area (TPSA) is 83.7 Å². The third-order valence-corrected chi connectivity index (χ3v) is 5.85. The molecule has 0 unspecified atom stereocenters. The van der Waals surface area contributed by atoms with E-state index in [1.165, 1.54) is 0 Å². The molecule has 33 heavy (non-hydrogen) atoms. The fourth-order valence-corrected chi connectivity index (χ4v) is 4.16. The molecule has 7 heteroatoms. The SMILES string of the molecule is CCOC(=O)c1[nH]c(C)c(-c2ccc(C(=O)Nc3ccc(N4CCOCC4)cc3)cc2)c1C. The number of H-pyrrole nitrogens is 1. The van der Waals surface area contributed by atoms with E-state index in [4.69, 9.17) is 9.47 Å². The van der Waals surface area contributed by atoms with Crippen molar-refractivity contribution < 1.29 is 19.1 Å². The van der Waals surface area contributed by atoms with Crippen molar-refractivity contribution in [3.8, 4) is 11.1 Å². The molecule has 0 bridgehead atoms. The number of aryl methyl sites for hydroxylation is 1. The van der Waals surface area contributed by atoms with Gasteiger partial charge in [-0.25, -0.2) is 4.79 Å². The number of rotatable bonds is 6. The number of hydrogen-bond acceptors (Lipinski definition) is 5. The molecule has 0 atom stereocenters. The van der Waals surface area contributed by atoms with Crippen molar-refractivity contribution in [1.82, 2.24) is 4.98 Å². The minimum atomic E-state index is -0.361. The standard InChI is InChI=1S/C26H29N3O4/c1-4-33-26(31)24-17(2)23(18(3)27-24)19-5-7-20(8-6-19)25(30)28-21-9-11-22(12-10-21)29-13-15-32-16-14-29/h5-12,27H,4,13-16H2,1-3H3,(H,28,30). The molecule has 3 aromatic rings. The van der Waals surface area contributed by atoms with Crippen LogP contribution in [0.25, 0.3) is 11.1 Å². The largest absolute Gasteiger partial charge is 0.461 e. The van der Waals surface area contributed by atoms with Crippen LogP contribution in [-0.4, -0.2) is 49.8 Å². The maximum Gasteiger partial charge on any atom is 0.355 e. The van der Waals surface area contributed by atoms with E-state index in [1.807, 2.05) is 50.2 Å². The van der Waals surface area contributed by atoms with Crippen LogP contribution in [0.5, 0.6) is 0 Å². The second-order valence-corrected chi connectivity index (χ2v) is 8.02. The first-order valence-corrected chi connectivity index (χ1v) is 11.2. The van der Waals surface area contributed by atoms with E-state index in [2.05, 4.69) is 15.2 Å². The summed E-state index contributed by atoms with van der Waals surface area (Å²) >= 11 is 0. The zero-order chi connectivity index (χ0) is 23.4. The minimum absolute atomic E-state index is 0.171. The lowest BCUT2D eigenvalue weighted by atomic mass is 10.00. The van der Waals surface area contributed by atoms with E-state index >= 15 is 0 Å². The summed E-state index contributed by atoms with van der Waals surface area (Å²) in [6.07, 6.45) is 0. The average molecular weight is 448 g/mol. The van der Waals surface area contributed by atoms with Crippen molar-refractivity contribution in [3.63, 3.8) is 0 Å². The van der Waals surface area contributed by atoms with Gasteiger partial charge in [-0.15, -0.1) is 0 Å². The Hall–Kier alpha value is -3.58. The van der Waals surface area contributed by atoms with Crippen molar-refractivity contribution >= 4 is 23.3 Å². The molecule has 7 nitrogen and oxygen atoms in total. The molecule has 1 amide bonds. The summed E-state index contributed by atoms with van der Waals surface area (Å²) in [6.45, 7) is 9.15. The third kappa shape index (κ3) is 4.93. The summed E-state index contributed by atoms with van der Waals surface area (Å²) in [5.41, 5.74) is 6.50. The molecule has 1 aliphatic heterocycles. The highest BCUT2D eigenvalue weighted by atomic mass is 16.5. The molecule has 4 rings (SSSR count). The van der Waals surface area contributed by atoms with Gasteiger partial charge in [0, 0.05) is 41.3 Å². The van der Waals surface area contributed by atoms with Crippen LogP contribution in [0, 0.1) is 13.8 Å². The number of carbonyl (C=O) groups excluding carboxylic acids is 2. The average Bonchev–Trinajstić information content (AvgIpc) is 3.14. The molecule has 1 aromatic heterocycles. The molecule has 0 radical (unpaired) electrons. The molecule has 0 aliphatic carbocycles. The maximum atomic E-state index is 12.7. The van der Waals surface area contributed by atoms with Crippen molar-refractivity contribution in [2.24, 2.45) is 0 Å².